The van der Waals surface area contributed by atoms with Crippen LogP contribution in [0.15, 0.2) is 48.4 Å². The Morgan fingerprint density at radius 1 is 1.00 bits per heavy atom. The molecule has 1 heteroatoms. The summed E-state index contributed by atoms with van der Waals surface area (Å²) in [4.78, 5) is 0. The fourth-order valence-electron chi connectivity index (χ4n) is 1.76. The van der Waals surface area contributed by atoms with Crippen LogP contribution in [0.2, 0.25) is 0 Å². The average Bonchev–Trinajstić information content (AvgIpc) is 2.60. The second kappa shape index (κ2) is 2.61. The van der Waals surface area contributed by atoms with Crippen molar-refractivity contribution in [3.63, 3.8) is 0 Å². The summed E-state index contributed by atoms with van der Waals surface area (Å²) in [5, 5.41) is 1.08. The smallest absolute Gasteiger partial charge is 0.0645 e. The molecule has 0 radical (unpaired) electrons. The van der Waals surface area contributed by atoms with Gasteiger partial charge in [0, 0.05) is 28.9 Å². The molecule has 0 saturated carbocycles. The Labute approximate surface area is 89.6 Å². The number of rotatable bonds is 0. The molecule has 14 heavy (non-hydrogen) atoms. The van der Waals surface area contributed by atoms with Gasteiger partial charge in [-0.2, -0.15) is 0 Å². The maximum absolute atomic E-state index is 8.01. The van der Waals surface area contributed by atoms with Crippen LogP contribution in [-0.4, -0.2) is 4.57 Å². The van der Waals surface area contributed by atoms with Crippen molar-refractivity contribution >= 4 is 21.8 Å². The highest BCUT2D eigenvalue weighted by Gasteiger charge is 2.04. The first-order valence-electron chi connectivity index (χ1n) is 6.88. The molecule has 0 atom stereocenters. The molecule has 0 bridgehead atoms. The molecule has 68 valence electrons. The standard InChI is InChI=1S/C13H11N/c1-14-12-8-4-2-6-10(12)11-7-3-5-9-13(11)14/h2-9H,1H3/i2D,3D,6D,8D,9D. The fraction of sp³-hybridized carbons (Fsp3) is 0.0769. The van der Waals surface area contributed by atoms with Crippen molar-refractivity contribution in [1.29, 1.82) is 0 Å². The minimum absolute atomic E-state index is 0.00749. The third kappa shape index (κ3) is 0.841. The minimum Gasteiger partial charge on any atom is -0.344 e. The fourth-order valence-corrected chi connectivity index (χ4v) is 1.76. The van der Waals surface area contributed by atoms with Crippen LogP contribution in [0.4, 0.5) is 0 Å². The Balaban J connectivity index is 2.73. The molecule has 1 heterocycles. The third-order valence-electron chi connectivity index (χ3n) is 2.43. The number of aryl methyl sites for hydroxylation is 1. The van der Waals surface area contributed by atoms with Gasteiger partial charge in [-0.3, -0.25) is 0 Å². The Bertz CT molecular complexity index is 835. The van der Waals surface area contributed by atoms with E-state index < -0.39 is 0 Å². The maximum Gasteiger partial charge on any atom is 0.0645 e. The van der Waals surface area contributed by atoms with Gasteiger partial charge < -0.3 is 4.57 Å². The zero-order chi connectivity index (χ0) is 13.9. The predicted molar refractivity (Wildman–Crippen MR) is 60.4 cm³/mol. The van der Waals surface area contributed by atoms with Gasteiger partial charge in [0.05, 0.1) is 6.85 Å². The van der Waals surface area contributed by atoms with E-state index in [-0.39, 0.29) is 30.2 Å². The lowest BCUT2D eigenvalue weighted by molar-refractivity contribution is 1.01. The van der Waals surface area contributed by atoms with Crippen LogP contribution < -0.4 is 0 Å². The van der Waals surface area contributed by atoms with E-state index in [9.17, 15) is 0 Å². The summed E-state index contributed by atoms with van der Waals surface area (Å²) >= 11 is 0. The molecule has 0 aliphatic rings. The van der Waals surface area contributed by atoms with Crippen molar-refractivity contribution < 1.29 is 6.85 Å². The Hall–Kier alpha value is -1.76. The van der Waals surface area contributed by atoms with Gasteiger partial charge in [0.15, 0.2) is 0 Å². The topological polar surface area (TPSA) is 4.93 Å². The van der Waals surface area contributed by atoms with Crippen LogP contribution in [0, 0.1) is 0 Å². The molecule has 1 nitrogen and oxygen atoms in total. The highest BCUT2D eigenvalue weighted by molar-refractivity contribution is 6.07. The molecule has 3 rings (SSSR count). The van der Waals surface area contributed by atoms with E-state index in [1.165, 1.54) is 12.1 Å². The number of para-hydroxylation sites is 2. The van der Waals surface area contributed by atoms with Crippen LogP contribution in [0.25, 0.3) is 21.8 Å². The predicted octanol–water partition coefficient (Wildman–Crippen LogP) is 3.33. The SMILES string of the molecule is [2H]c1cc([2H])c2c(c1)c1c([2H])c([2H])cc([2H])c1n2C. The average molecular weight is 186 g/mol. The largest absolute Gasteiger partial charge is 0.344 e. The molecule has 0 aliphatic carbocycles. The molecule has 1 aromatic heterocycles. The van der Waals surface area contributed by atoms with E-state index in [0.29, 0.717) is 21.8 Å². The summed E-state index contributed by atoms with van der Waals surface area (Å²) in [6.45, 7) is 0. The Kier molecular flexibility index (Phi) is 0.780. The first-order chi connectivity index (χ1) is 8.91. The van der Waals surface area contributed by atoms with Crippen LogP contribution >= 0.6 is 0 Å². The van der Waals surface area contributed by atoms with Gasteiger partial charge in [-0.05, 0) is 12.1 Å². The maximum atomic E-state index is 8.01. The van der Waals surface area contributed by atoms with Gasteiger partial charge >= 0.3 is 0 Å². The minimum atomic E-state index is -0.00749. The van der Waals surface area contributed by atoms with Gasteiger partial charge in [0.25, 0.3) is 0 Å². The summed E-state index contributed by atoms with van der Waals surface area (Å²) in [5.41, 5.74) is 1.13. The molecular weight excluding hydrogens is 170 g/mol. The lowest BCUT2D eigenvalue weighted by atomic mass is 10.2. The van der Waals surface area contributed by atoms with Crippen molar-refractivity contribution in [1.82, 2.24) is 4.57 Å². The normalized spacial score (nSPS) is 16.2. The monoisotopic (exact) mass is 186 g/mol. The van der Waals surface area contributed by atoms with Crippen molar-refractivity contribution in [2.24, 2.45) is 7.05 Å². The molecule has 0 aliphatic heterocycles. The molecule has 0 unspecified atom stereocenters. The first kappa shape index (κ1) is 4.18. The zero-order valence-corrected chi connectivity index (χ0v) is 7.68. The first-order valence-corrected chi connectivity index (χ1v) is 4.38. The molecule has 0 fully saturated rings. The van der Waals surface area contributed by atoms with E-state index in [2.05, 4.69) is 0 Å². The number of hydrogen-bond donors (Lipinski definition) is 0. The summed E-state index contributed by atoms with van der Waals surface area (Å²) in [6.07, 6.45) is 0. The van der Waals surface area contributed by atoms with Crippen molar-refractivity contribution in [3.05, 3.63) is 48.4 Å². The van der Waals surface area contributed by atoms with Crippen LogP contribution in [-0.2, 0) is 7.05 Å². The van der Waals surface area contributed by atoms with Gasteiger partial charge in [0.2, 0.25) is 0 Å². The second-order valence-electron chi connectivity index (χ2n) is 3.20. The van der Waals surface area contributed by atoms with Crippen LogP contribution in [0.3, 0.4) is 0 Å². The molecule has 3 aromatic rings. The lowest BCUT2D eigenvalue weighted by Gasteiger charge is -1.95. The summed E-state index contributed by atoms with van der Waals surface area (Å²) in [7, 11) is 1.74. The van der Waals surface area contributed by atoms with Gasteiger partial charge in [-0.25, -0.2) is 0 Å². The highest BCUT2D eigenvalue weighted by atomic mass is 14.9. The van der Waals surface area contributed by atoms with E-state index in [4.69, 9.17) is 6.85 Å². The summed E-state index contributed by atoms with van der Waals surface area (Å²) < 4.78 is 41.1. The van der Waals surface area contributed by atoms with E-state index in [0.717, 1.165) is 0 Å². The molecule has 0 amide bonds. The number of fused-ring (bicyclic) bond motifs is 3. The molecule has 0 saturated heterocycles. The van der Waals surface area contributed by atoms with Crippen molar-refractivity contribution in [2.75, 3.05) is 0 Å². The lowest BCUT2D eigenvalue weighted by Crippen LogP contribution is -1.84. The van der Waals surface area contributed by atoms with E-state index in [1.807, 2.05) is 0 Å². The summed E-state index contributed by atoms with van der Waals surface area (Å²) in [6, 6.07) is 4.98. The van der Waals surface area contributed by atoms with Gasteiger partial charge in [-0.1, -0.05) is 36.3 Å². The number of benzene rings is 2. The zero-order valence-electron chi connectivity index (χ0n) is 12.7. The number of aromatic nitrogens is 1. The molecule has 2 aromatic carbocycles. The second-order valence-corrected chi connectivity index (χ2v) is 3.20. The quantitative estimate of drug-likeness (QED) is 0.507. The van der Waals surface area contributed by atoms with Gasteiger partial charge in [-0.15, -0.1) is 0 Å². The van der Waals surface area contributed by atoms with E-state index in [1.54, 1.807) is 17.7 Å². The Morgan fingerprint density at radius 2 is 1.71 bits per heavy atom. The van der Waals surface area contributed by atoms with Crippen molar-refractivity contribution in [3.8, 4) is 0 Å². The third-order valence-corrected chi connectivity index (χ3v) is 2.43. The Morgan fingerprint density at radius 3 is 2.57 bits per heavy atom. The van der Waals surface area contributed by atoms with Crippen LogP contribution in [0.5, 0.6) is 0 Å². The number of hydrogen-bond acceptors (Lipinski definition) is 0. The van der Waals surface area contributed by atoms with E-state index >= 15 is 0 Å². The number of nitrogens with zero attached hydrogens (tertiary/aromatic N) is 1. The molecular formula is C13H11N. The summed E-state index contributed by atoms with van der Waals surface area (Å²) in [5.74, 6) is 0. The highest BCUT2D eigenvalue weighted by Crippen LogP contribution is 2.26. The van der Waals surface area contributed by atoms with Gasteiger partial charge in [0.1, 0.15) is 0 Å². The molecule has 0 spiro atoms. The van der Waals surface area contributed by atoms with Crippen LogP contribution in [0.1, 0.15) is 6.85 Å². The van der Waals surface area contributed by atoms with Crippen molar-refractivity contribution in [2.45, 2.75) is 0 Å². The molecule has 0 N–H and O–H groups in total.